The Morgan fingerprint density at radius 2 is 2.09 bits per heavy atom. The van der Waals surface area contributed by atoms with Gasteiger partial charge in [0.05, 0.1) is 5.69 Å². The second kappa shape index (κ2) is 6.85. The standard InChI is InChI=1S/C18H19ClN2OS/c1-3-13-11-21(16-9-4-5-10-17(16)23-13)18(22)20-15-8-6-7-14(19)12(15)2/h4-10,13H,3,11H2,1-2H3,(H,20,22). The molecule has 2 aromatic rings. The van der Waals surface area contributed by atoms with Crippen molar-refractivity contribution >= 4 is 40.8 Å². The van der Waals surface area contributed by atoms with E-state index in [-0.39, 0.29) is 6.03 Å². The molecule has 23 heavy (non-hydrogen) atoms. The van der Waals surface area contributed by atoms with Gasteiger partial charge in [0.25, 0.3) is 0 Å². The zero-order chi connectivity index (χ0) is 16.4. The first-order valence-corrected chi connectivity index (χ1v) is 8.95. The van der Waals surface area contributed by atoms with Gasteiger partial charge < -0.3 is 5.32 Å². The van der Waals surface area contributed by atoms with Crippen molar-refractivity contribution in [2.24, 2.45) is 0 Å². The van der Waals surface area contributed by atoms with Crippen LogP contribution in [0.15, 0.2) is 47.4 Å². The Kier molecular flexibility index (Phi) is 4.83. The van der Waals surface area contributed by atoms with Gasteiger partial charge in [0.15, 0.2) is 0 Å². The number of anilines is 2. The summed E-state index contributed by atoms with van der Waals surface area (Å²) in [5.41, 5.74) is 2.61. The minimum absolute atomic E-state index is 0.110. The van der Waals surface area contributed by atoms with E-state index in [2.05, 4.69) is 18.3 Å². The molecule has 0 fully saturated rings. The molecule has 0 saturated heterocycles. The summed E-state index contributed by atoms with van der Waals surface area (Å²) in [6.45, 7) is 4.78. The fraction of sp³-hybridized carbons (Fsp3) is 0.278. The average molecular weight is 347 g/mol. The molecule has 0 aromatic heterocycles. The maximum Gasteiger partial charge on any atom is 0.326 e. The summed E-state index contributed by atoms with van der Waals surface area (Å²) in [5, 5.41) is 4.07. The van der Waals surface area contributed by atoms with Gasteiger partial charge in [0.2, 0.25) is 0 Å². The molecule has 0 saturated carbocycles. The zero-order valence-electron chi connectivity index (χ0n) is 13.2. The van der Waals surface area contributed by atoms with Gasteiger partial charge in [-0.3, -0.25) is 4.90 Å². The van der Waals surface area contributed by atoms with Gasteiger partial charge >= 0.3 is 6.03 Å². The molecule has 0 spiro atoms. The molecule has 1 aliphatic heterocycles. The summed E-state index contributed by atoms with van der Waals surface area (Å²) in [6, 6.07) is 13.5. The second-order valence-corrected chi connectivity index (χ2v) is 7.32. The summed E-state index contributed by atoms with van der Waals surface area (Å²) in [5.74, 6) is 0. The normalized spacial score (nSPS) is 16.8. The lowest BCUT2D eigenvalue weighted by atomic mass is 10.2. The number of thioether (sulfide) groups is 1. The Labute approximate surface area is 146 Å². The third-order valence-corrected chi connectivity index (χ3v) is 5.87. The monoisotopic (exact) mass is 346 g/mol. The van der Waals surface area contributed by atoms with E-state index in [9.17, 15) is 4.79 Å². The number of rotatable bonds is 2. The number of benzene rings is 2. The lowest BCUT2D eigenvalue weighted by Gasteiger charge is -2.33. The number of hydrogen-bond donors (Lipinski definition) is 1. The van der Waals surface area contributed by atoms with Crippen molar-refractivity contribution in [1.29, 1.82) is 0 Å². The van der Waals surface area contributed by atoms with Crippen LogP contribution in [0, 0.1) is 6.92 Å². The van der Waals surface area contributed by atoms with Gasteiger partial charge in [-0.2, -0.15) is 0 Å². The molecule has 1 N–H and O–H groups in total. The molecule has 2 amide bonds. The first-order valence-electron chi connectivity index (χ1n) is 7.69. The van der Waals surface area contributed by atoms with Crippen LogP contribution in [0.3, 0.4) is 0 Å². The minimum Gasteiger partial charge on any atom is -0.307 e. The number of fused-ring (bicyclic) bond motifs is 1. The lowest BCUT2D eigenvalue weighted by molar-refractivity contribution is 0.256. The summed E-state index contributed by atoms with van der Waals surface area (Å²) in [4.78, 5) is 15.8. The maximum atomic E-state index is 12.8. The maximum absolute atomic E-state index is 12.8. The molecule has 1 atom stereocenters. The van der Waals surface area contributed by atoms with E-state index in [1.165, 1.54) is 0 Å². The number of carbonyl (C=O) groups excluding carboxylic acids is 1. The van der Waals surface area contributed by atoms with Crippen LogP contribution in [0.5, 0.6) is 0 Å². The van der Waals surface area contributed by atoms with E-state index in [4.69, 9.17) is 11.6 Å². The van der Waals surface area contributed by atoms with Crippen LogP contribution in [0.4, 0.5) is 16.2 Å². The number of nitrogens with one attached hydrogen (secondary N) is 1. The number of amides is 2. The molecule has 0 bridgehead atoms. The van der Waals surface area contributed by atoms with E-state index in [1.807, 2.05) is 60.0 Å². The summed E-state index contributed by atoms with van der Waals surface area (Å²) in [6.07, 6.45) is 1.03. The van der Waals surface area contributed by atoms with Crippen LogP contribution in [0.2, 0.25) is 5.02 Å². The highest BCUT2D eigenvalue weighted by atomic mass is 35.5. The van der Waals surface area contributed by atoms with Crippen molar-refractivity contribution in [3.8, 4) is 0 Å². The van der Waals surface area contributed by atoms with Crippen LogP contribution in [-0.4, -0.2) is 17.8 Å². The first-order chi connectivity index (χ1) is 11.1. The Bertz CT molecular complexity index is 735. The number of urea groups is 1. The lowest BCUT2D eigenvalue weighted by Crippen LogP contribution is -2.42. The van der Waals surface area contributed by atoms with Crippen molar-refractivity contribution < 1.29 is 4.79 Å². The number of carbonyl (C=O) groups is 1. The van der Waals surface area contributed by atoms with Crippen LogP contribution in [0.25, 0.3) is 0 Å². The molecule has 1 heterocycles. The Morgan fingerprint density at radius 1 is 1.30 bits per heavy atom. The smallest absolute Gasteiger partial charge is 0.307 e. The average Bonchev–Trinajstić information content (AvgIpc) is 2.57. The molecule has 1 aliphatic rings. The third kappa shape index (κ3) is 3.33. The van der Waals surface area contributed by atoms with E-state index < -0.39 is 0 Å². The molecule has 2 aromatic carbocycles. The van der Waals surface area contributed by atoms with Crippen LogP contribution in [0.1, 0.15) is 18.9 Å². The summed E-state index contributed by atoms with van der Waals surface area (Å²) in [7, 11) is 0. The van der Waals surface area contributed by atoms with E-state index in [0.717, 1.165) is 28.3 Å². The molecule has 1 unspecified atom stereocenters. The van der Waals surface area contributed by atoms with Gasteiger partial charge in [-0.1, -0.05) is 36.7 Å². The highest BCUT2D eigenvalue weighted by molar-refractivity contribution is 8.00. The third-order valence-electron chi connectivity index (χ3n) is 4.05. The molecule has 3 rings (SSSR count). The molecule has 120 valence electrons. The van der Waals surface area contributed by atoms with Gasteiger partial charge in [0, 0.05) is 27.4 Å². The number of hydrogen-bond acceptors (Lipinski definition) is 2. The molecular weight excluding hydrogens is 328 g/mol. The van der Waals surface area contributed by atoms with Crippen molar-refractivity contribution in [2.75, 3.05) is 16.8 Å². The molecule has 3 nitrogen and oxygen atoms in total. The largest absolute Gasteiger partial charge is 0.326 e. The minimum atomic E-state index is -0.110. The van der Waals surface area contributed by atoms with Gasteiger partial charge in [-0.05, 0) is 43.2 Å². The van der Waals surface area contributed by atoms with E-state index in [1.54, 1.807) is 0 Å². The van der Waals surface area contributed by atoms with Crippen molar-refractivity contribution in [3.05, 3.63) is 53.1 Å². The predicted molar refractivity (Wildman–Crippen MR) is 98.9 cm³/mol. The van der Waals surface area contributed by atoms with E-state index >= 15 is 0 Å². The molecular formula is C18H19ClN2OS. The Morgan fingerprint density at radius 3 is 2.87 bits per heavy atom. The topological polar surface area (TPSA) is 32.3 Å². The number of para-hydroxylation sites is 1. The number of nitrogens with zero attached hydrogens (tertiary/aromatic N) is 1. The van der Waals surface area contributed by atoms with Crippen molar-refractivity contribution in [2.45, 2.75) is 30.4 Å². The zero-order valence-corrected chi connectivity index (χ0v) is 14.7. The fourth-order valence-electron chi connectivity index (χ4n) is 2.63. The first kappa shape index (κ1) is 16.2. The Balaban J connectivity index is 1.88. The van der Waals surface area contributed by atoms with Crippen LogP contribution in [-0.2, 0) is 0 Å². The van der Waals surface area contributed by atoms with Gasteiger partial charge in [-0.15, -0.1) is 11.8 Å². The van der Waals surface area contributed by atoms with E-state index in [0.29, 0.717) is 16.8 Å². The van der Waals surface area contributed by atoms with Crippen molar-refractivity contribution in [1.82, 2.24) is 0 Å². The quantitative estimate of drug-likeness (QED) is 0.770. The van der Waals surface area contributed by atoms with Gasteiger partial charge in [-0.25, -0.2) is 4.79 Å². The SMILES string of the molecule is CCC1CN(C(=O)Nc2cccc(Cl)c2C)c2ccccc2S1. The Hall–Kier alpha value is -1.65. The van der Waals surface area contributed by atoms with Crippen molar-refractivity contribution in [3.63, 3.8) is 0 Å². The van der Waals surface area contributed by atoms with Crippen LogP contribution < -0.4 is 10.2 Å². The molecule has 0 radical (unpaired) electrons. The predicted octanol–water partition coefficient (Wildman–Crippen LogP) is 5.57. The number of halogens is 1. The molecule has 0 aliphatic carbocycles. The highest BCUT2D eigenvalue weighted by Gasteiger charge is 2.28. The second-order valence-electron chi connectivity index (χ2n) is 5.57. The summed E-state index contributed by atoms with van der Waals surface area (Å²) < 4.78 is 0. The van der Waals surface area contributed by atoms with Gasteiger partial charge in [0.1, 0.15) is 0 Å². The highest BCUT2D eigenvalue weighted by Crippen LogP contribution is 2.39. The van der Waals surface area contributed by atoms with Crippen LogP contribution >= 0.6 is 23.4 Å². The fourth-order valence-corrected chi connectivity index (χ4v) is 4.01. The summed E-state index contributed by atoms with van der Waals surface area (Å²) >= 11 is 7.99. The molecule has 5 heteroatoms.